The van der Waals surface area contributed by atoms with Crippen LogP contribution in [0.15, 0.2) is 74.2 Å². The van der Waals surface area contributed by atoms with Crippen LogP contribution in [0, 0.1) is 0 Å². The first-order chi connectivity index (χ1) is 13.0. The summed E-state index contributed by atoms with van der Waals surface area (Å²) in [7, 11) is 0. The molecule has 1 aliphatic rings. The molecule has 1 aromatic heterocycles. The molecule has 4 nitrogen and oxygen atoms in total. The zero-order chi connectivity index (χ0) is 19.0. The number of carbonyl (C=O) groups excluding carboxylic acids is 1. The minimum atomic E-state index is -0.560. The first-order valence-electron chi connectivity index (χ1n) is 7.84. The molecule has 0 spiro atoms. The number of nitrogens with zero attached hydrogens (tertiary/aromatic N) is 1. The van der Waals surface area contributed by atoms with Gasteiger partial charge >= 0.3 is 5.97 Å². The van der Waals surface area contributed by atoms with Crippen LogP contribution >= 0.6 is 39.1 Å². The highest BCUT2D eigenvalue weighted by Crippen LogP contribution is 2.31. The van der Waals surface area contributed by atoms with Crippen molar-refractivity contribution in [3.8, 4) is 11.3 Å². The molecule has 2 heterocycles. The lowest BCUT2D eigenvalue weighted by molar-refractivity contribution is -0.129. The fourth-order valence-corrected chi connectivity index (χ4v) is 3.31. The molecule has 27 heavy (non-hydrogen) atoms. The van der Waals surface area contributed by atoms with Crippen molar-refractivity contribution >= 4 is 57.1 Å². The van der Waals surface area contributed by atoms with E-state index in [1.54, 1.807) is 24.3 Å². The van der Waals surface area contributed by atoms with Gasteiger partial charge in [0.2, 0.25) is 5.90 Å². The molecule has 134 valence electrons. The van der Waals surface area contributed by atoms with Crippen molar-refractivity contribution in [3.05, 3.63) is 86.1 Å². The molecule has 0 aliphatic carbocycles. The summed E-state index contributed by atoms with van der Waals surface area (Å²) in [5, 5.41) is 0.769. The molecule has 0 fully saturated rings. The lowest BCUT2D eigenvalue weighted by Gasteiger charge is -2.01. The van der Waals surface area contributed by atoms with E-state index in [0.29, 0.717) is 27.1 Å². The number of furan rings is 1. The van der Waals surface area contributed by atoms with Gasteiger partial charge in [-0.25, -0.2) is 9.79 Å². The maximum atomic E-state index is 12.1. The molecule has 0 saturated carbocycles. The highest BCUT2D eigenvalue weighted by molar-refractivity contribution is 9.10. The predicted molar refractivity (Wildman–Crippen MR) is 109 cm³/mol. The van der Waals surface area contributed by atoms with Gasteiger partial charge in [0.05, 0.1) is 10.0 Å². The van der Waals surface area contributed by atoms with Crippen LogP contribution in [0.2, 0.25) is 10.0 Å². The van der Waals surface area contributed by atoms with Gasteiger partial charge in [-0.05, 0) is 36.4 Å². The van der Waals surface area contributed by atoms with E-state index in [1.807, 2.05) is 30.3 Å². The topological polar surface area (TPSA) is 51.8 Å². The van der Waals surface area contributed by atoms with Gasteiger partial charge in [0.1, 0.15) is 11.5 Å². The number of hydrogen-bond acceptors (Lipinski definition) is 4. The Labute approximate surface area is 173 Å². The minimum absolute atomic E-state index is 0.143. The highest BCUT2D eigenvalue weighted by atomic mass is 79.9. The van der Waals surface area contributed by atoms with Gasteiger partial charge in [-0.1, -0.05) is 57.3 Å². The third-order valence-corrected chi connectivity index (χ3v) is 5.26. The van der Waals surface area contributed by atoms with E-state index in [0.717, 1.165) is 10.0 Å². The molecule has 4 rings (SSSR count). The van der Waals surface area contributed by atoms with Gasteiger partial charge < -0.3 is 9.15 Å². The van der Waals surface area contributed by atoms with Crippen LogP contribution in [0.4, 0.5) is 0 Å². The average Bonchev–Trinajstić information content (AvgIpc) is 3.25. The number of hydrogen-bond donors (Lipinski definition) is 0. The van der Waals surface area contributed by atoms with E-state index in [4.69, 9.17) is 32.4 Å². The standard InChI is InChI=1S/C20H10BrCl2NO3/c21-14-4-2-1-3-13(14)18-8-6-12(26-18)10-17-20(25)27-19(24-17)11-5-7-15(22)16(23)9-11/h1-10H. The maximum Gasteiger partial charge on any atom is 0.363 e. The third kappa shape index (κ3) is 3.72. The zero-order valence-corrected chi connectivity index (χ0v) is 16.7. The number of benzene rings is 2. The second-order valence-corrected chi connectivity index (χ2v) is 7.32. The lowest BCUT2D eigenvalue weighted by Crippen LogP contribution is -2.05. The summed E-state index contributed by atoms with van der Waals surface area (Å²) in [5.74, 6) is 0.776. The largest absolute Gasteiger partial charge is 0.457 e. The van der Waals surface area contributed by atoms with Crippen LogP contribution in [-0.2, 0) is 9.53 Å². The molecular formula is C20H10BrCl2NO3. The van der Waals surface area contributed by atoms with Gasteiger partial charge in [0, 0.05) is 21.7 Å². The normalized spacial score (nSPS) is 15.1. The molecule has 7 heteroatoms. The first-order valence-corrected chi connectivity index (χ1v) is 9.39. The Morgan fingerprint density at radius 1 is 1.00 bits per heavy atom. The van der Waals surface area contributed by atoms with Crippen molar-refractivity contribution < 1.29 is 13.9 Å². The first kappa shape index (κ1) is 18.0. The molecule has 2 aromatic carbocycles. The monoisotopic (exact) mass is 461 g/mol. The fourth-order valence-electron chi connectivity index (χ4n) is 2.53. The van der Waals surface area contributed by atoms with Crippen LogP contribution in [0.25, 0.3) is 17.4 Å². The van der Waals surface area contributed by atoms with Gasteiger partial charge in [0.25, 0.3) is 0 Å². The molecule has 0 radical (unpaired) electrons. The number of ether oxygens (including phenoxy) is 1. The SMILES string of the molecule is O=C1OC(c2ccc(Cl)c(Cl)c2)=NC1=Cc1ccc(-c2ccccc2Br)o1. The second-order valence-electron chi connectivity index (χ2n) is 5.65. The second kappa shape index (κ2) is 7.35. The van der Waals surface area contributed by atoms with E-state index in [9.17, 15) is 4.79 Å². The molecule has 0 saturated heterocycles. The van der Waals surface area contributed by atoms with E-state index in [1.165, 1.54) is 6.08 Å². The summed E-state index contributed by atoms with van der Waals surface area (Å²) in [6.07, 6.45) is 1.53. The highest BCUT2D eigenvalue weighted by Gasteiger charge is 2.25. The number of halogens is 3. The summed E-state index contributed by atoms with van der Waals surface area (Å²) in [5.41, 5.74) is 1.62. The van der Waals surface area contributed by atoms with Crippen molar-refractivity contribution in [2.45, 2.75) is 0 Å². The summed E-state index contributed by atoms with van der Waals surface area (Å²) in [6, 6.07) is 16.2. The Kier molecular flexibility index (Phi) is 4.91. The summed E-state index contributed by atoms with van der Waals surface area (Å²) in [6.45, 7) is 0. The summed E-state index contributed by atoms with van der Waals surface area (Å²) >= 11 is 15.4. The van der Waals surface area contributed by atoms with Crippen molar-refractivity contribution in [2.24, 2.45) is 4.99 Å². The maximum absolute atomic E-state index is 12.1. The number of esters is 1. The van der Waals surface area contributed by atoms with Crippen LogP contribution in [0.5, 0.6) is 0 Å². The van der Waals surface area contributed by atoms with E-state index >= 15 is 0 Å². The molecule has 0 N–H and O–H groups in total. The Hall–Kier alpha value is -2.34. The van der Waals surface area contributed by atoms with E-state index in [-0.39, 0.29) is 11.6 Å². The molecule has 0 unspecified atom stereocenters. The number of rotatable bonds is 3. The van der Waals surface area contributed by atoms with Crippen molar-refractivity contribution in [1.82, 2.24) is 0 Å². The van der Waals surface area contributed by atoms with Crippen LogP contribution in [0.3, 0.4) is 0 Å². The Balaban J connectivity index is 1.64. The van der Waals surface area contributed by atoms with Crippen molar-refractivity contribution in [2.75, 3.05) is 0 Å². The van der Waals surface area contributed by atoms with Crippen LogP contribution in [-0.4, -0.2) is 11.9 Å². The number of cyclic esters (lactones) is 1. The fraction of sp³-hybridized carbons (Fsp3) is 0. The Morgan fingerprint density at radius 2 is 1.81 bits per heavy atom. The van der Waals surface area contributed by atoms with Gasteiger partial charge in [-0.3, -0.25) is 0 Å². The lowest BCUT2D eigenvalue weighted by atomic mass is 10.2. The van der Waals surface area contributed by atoms with E-state index < -0.39 is 5.97 Å². The van der Waals surface area contributed by atoms with Crippen LogP contribution < -0.4 is 0 Å². The van der Waals surface area contributed by atoms with Gasteiger partial charge in [0.15, 0.2) is 5.70 Å². The molecule has 3 aromatic rings. The van der Waals surface area contributed by atoms with Gasteiger partial charge in [-0.2, -0.15) is 0 Å². The molecule has 1 aliphatic heterocycles. The predicted octanol–water partition coefficient (Wildman–Crippen LogP) is 6.36. The Bertz CT molecular complexity index is 1120. The van der Waals surface area contributed by atoms with E-state index in [2.05, 4.69) is 20.9 Å². The van der Waals surface area contributed by atoms with Crippen LogP contribution in [0.1, 0.15) is 11.3 Å². The quantitative estimate of drug-likeness (QED) is 0.336. The molecular weight excluding hydrogens is 453 g/mol. The molecule has 0 amide bonds. The van der Waals surface area contributed by atoms with Crippen molar-refractivity contribution in [3.63, 3.8) is 0 Å². The number of carbonyl (C=O) groups is 1. The van der Waals surface area contributed by atoms with Crippen molar-refractivity contribution in [1.29, 1.82) is 0 Å². The average molecular weight is 463 g/mol. The summed E-state index contributed by atoms with van der Waals surface area (Å²) in [4.78, 5) is 16.4. The zero-order valence-electron chi connectivity index (χ0n) is 13.6. The smallest absolute Gasteiger partial charge is 0.363 e. The third-order valence-electron chi connectivity index (χ3n) is 3.83. The van der Waals surface area contributed by atoms with Gasteiger partial charge in [-0.15, -0.1) is 0 Å². The molecule has 0 bridgehead atoms. The number of aliphatic imine (C=N–C) groups is 1. The Morgan fingerprint density at radius 3 is 2.59 bits per heavy atom. The molecule has 0 atom stereocenters. The summed E-state index contributed by atoms with van der Waals surface area (Å²) < 4.78 is 12.0. The minimum Gasteiger partial charge on any atom is -0.457 e.